The second kappa shape index (κ2) is 11.5. The van der Waals surface area contributed by atoms with Gasteiger partial charge in [-0.3, -0.25) is 19.3 Å². The highest BCUT2D eigenvalue weighted by Gasteiger charge is 2.48. The number of benzene rings is 3. The first kappa shape index (κ1) is 26.8. The van der Waals surface area contributed by atoms with Crippen LogP contribution in [0.1, 0.15) is 56.8 Å². The largest absolute Gasteiger partial charge is 0.497 e. The van der Waals surface area contributed by atoms with Crippen LogP contribution in [0.5, 0.6) is 11.5 Å². The lowest BCUT2D eigenvalue weighted by Gasteiger charge is -2.19. The molecule has 1 saturated carbocycles. The highest BCUT2D eigenvalue weighted by Crippen LogP contribution is 2.40. The molecule has 0 aromatic heterocycles. The molecule has 204 valence electrons. The van der Waals surface area contributed by atoms with Gasteiger partial charge in [-0.1, -0.05) is 18.9 Å². The van der Waals surface area contributed by atoms with Gasteiger partial charge in [0.1, 0.15) is 11.5 Å². The minimum atomic E-state index is -0.712. The zero-order chi connectivity index (χ0) is 28.2. The number of ketones is 1. The molecule has 1 heterocycles. The van der Waals surface area contributed by atoms with Gasteiger partial charge >= 0.3 is 11.9 Å². The van der Waals surface area contributed by atoms with E-state index in [1.807, 2.05) is 0 Å². The summed E-state index contributed by atoms with van der Waals surface area (Å²) < 4.78 is 15.6. The van der Waals surface area contributed by atoms with Gasteiger partial charge in [0, 0.05) is 5.56 Å². The van der Waals surface area contributed by atoms with Crippen LogP contribution in [-0.2, 0) is 14.3 Å². The van der Waals surface area contributed by atoms with Gasteiger partial charge in [0.25, 0.3) is 0 Å². The summed E-state index contributed by atoms with van der Waals surface area (Å²) in [5, 5.41) is 0. The number of imide groups is 1. The zero-order valence-electron chi connectivity index (χ0n) is 21.8. The van der Waals surface area contributed by atoms with E-state index in [4.69, 9.17) is 14.2 Å². The summed E-state index contributed by atoms with van der Waals surface area (Å²) in [6.45, 7) is -0.490. The predicted molar refractivity (Wildman–Crippen MR) is 143 cm³/mol. The molecule has 0 spiro atoms. The first-order valence-electron chi connectivity index (χ1n) is 13.0. The Morgan fingerprint density at radius 1 is 0.750 bits per heavy atom. The number of nitrogens with zero attached hydrogens (tertiary/aromatic N) is 1. The molecule has 2 amide bonds. The minimum absolute atomic E-state index is 0.184. The zero-order valence-corrected chi connectivity index (χ0v) is 21.8. The molecule has 2 unspecified atom stereocenters. The van der Waals surface area contributed by atoms with Crippen molar-refractivity contribution in [1.82, 2.24) is 0 Å². The number of hydrogen-bond donors (Lipinski definition) is 0. The number of carbonyl (C=O) groups is 5. The fourth-order valence-electron chi connectivity index (χ4n) is 5.09. The van der Waals surface area contributed by atoms with Gasteiger partial charge in [-0.2, -0.15) is 0 Å². The van der Waals surface area contributed by atoms with E-state index in [2.05, 4.69) is 0 Å². The molecule has 1 saturated heterocycles. The fraction of sp³-hybridized carbons (Fsp3) is 0.258. The summed E-state index contributed by atoms with van der Waals surface area (Å²) in [6.07, 6.45) is 3.33. The molecule has 2 fully saturated rings. The average molecular weight is 542 g/mol. The van der Waals surface area contributed by atoms with Crippen LogP contribution >= 0.6 is 0 Å². The lowest BCUT2D eigenvalue weighted by atomic mass is 9.81. The lowest BCUT2D eigenvalue weighted by Crippen LogP contribution is -2.30. The summed E-state index contributed by atoms with van der Waals surface area (Å²) >= 11 is 0. The van der Waals surface area contributed by atoms with Crippen LogP contribution in [-0.4, -0.2) is 43.3 Å². The van der Waals surface area contributed by atoms with Crippen molar-refractivity contribution >= 4 is 35.2 Å². The number of Topliss-reactive ketones (excluding diaryl/α,β-unsaturated/α-hetero) is 1. The molecule has 9 nitrogen and oxygen atoms in total. The molecule has 9 heteroatoms. The number of carbonyl (C=O) groups excluding carboxylic acids is 5. The van der Waals surface area contributed by atoms with Crippen LogP contribution in [0.2, 0.25) is 0 Å². The first-order chi connectivity index (χ1) is 19.4. The number of esters is 2. The average Bonchev–Trinajstić information content (AvgIpc) is 3.25. The molecule has 0 radical (unpaired) electrons. The second-order valence-corrected chi connectivity index (χ2v) is 9.70. The van der Waals surface area contributed by atoms with Crippen molar-refractivity contribution in [2.75, 3.05) is 18.6 Å². The molecule has 0 bridgehead atoms. The second-order valence-electron chi connectivity index (χ2n) is 9.70. The Balaban J connectivity index is 1.15. The molecule has 0 N–H and O–H groups in total. The highest BCUT2D eigenvalue weighted by atomic mass is 16.5. The summed E-state index contributed by atoms with van der Waals surface area (Å²) in [5.74, 6) is -1.84. The molecule has 5 rings (SSSR count). The van der Waals surface area contributed by atoms with E-state index in [9.17, 15) is 24.0 Å². The van der Waals surface area contributed by atoms with E-state index in [0.717, 1.165) is 25.7 Å². The standard InChI is InChI=1S/C31H27NO8/c1-38-24-6-4-5-21(17-24)31(37)40-23-15-11-19(12-16-23)27(33)18-39-30(36)20-9-13-22(14-10-20)32-28(34)25-7-2-3-8-26(25)29(32)35/h4-6,9-17,25-26H,2-3,7-8,18H2,1H3. The maximum Gasteiger partial charge on any atom is 0.343 e. The third kappa shape index (κ3) is 5.49. The van der Waals surface area contributed by atoms with Crippen molar-refractivity contribution in [3.8, 4) is 11.5 Å². The Hall–Kier alpha value is -4.79. The van der Waals surface area contributed by atoms with E-state index >= 15 is 0 Å². The Labute approximate surface area is 230 Å². The number of fused-ring (bicyclic) bond motifs is 1. The van der Waals surface area contributed by atoms with Gasteiger partial charge in [-0.15, -0.1) is 0 Å². The number of ether oxygens (including phenoxy) is 3. The van der Waals surface area contributed by atoms with Crippen LogP contribution in [0.3, 0.4) is 0 Å². The van der Waals surface area contributed by atoms with Gasteiger partial charge in [0.05, 0.1) is 35.8 Å². The molecule has 3 aromatic rings. The highest BCUT2D eigenvalue weighted by molar-refractivity contribution is 6.22. The van der Waals surface area contributed by atoms with Crippen LogP contribution in [0.15, 0.2) is 72.8 Å². The van der Waals surface area contributed by atoms with E-state index in [1.54, 1.807) is 24.3 Å². The molecule has 2 atom stereocenters. The van der Waals surface area contributed by atoms with Crippen LogP contribution in [0.4, 0.5) is 5.69 Å². The van der Waals surface area contributed by atoms with Crippen molar-refractivity contribution in [2.45, 2.75) is 25.7 Å². The van der Waals surface area contributed by atoms with Crippen LogP contribution < -0.4 is 14.4 Å². The Morgan fingerprint density at radius 2 is 1.38 bits per heavy atom. The predicted octanol–water partition coefficient (Wildman–Crippen LogP) is 4.63. The van der Waals surface area contributed by atoms with E-state index in [0.29, 0.717) is 17.0 Å². The van der Waals surface area contributed by atoms with Gasteiger partial charge in [-0.25, -0.2) is 9.59 Å². The van der Waals surface area contributed by atoms with Crippen molar-refractivity contribution in [3.05, 3.63) is 89.5 Å². The summed E-state index contributed by atoms with van der Waals surface area (Å²) in [7, 11) is 1.50. The normalized spacial score (nSPS) is 18.2. The monoisotopic (exact) mass is 541 g/mol. The molecule has 1 aliphatic heterocycles. The van der Waals surface area contributed by atoms with E-state index in [-0.39, 0.29) is 40.5 Å². The number of anilines is 1. The van der Waals surface area contributed by atoms with Gasteiger partial charge in [0.2, 0.25) is 11.8 Å². The van der Waals surface area contributed by atoms with Crippen molar-refractivity contribution in [3.63, 3.8) is 0 Å². The quantitative estimate of drug-likeness (QED) is 0.175. The van der Waals surface area contributed by atoms with Crippen molar-refractivity contribution in [2.24, 2.45) is 11.8 Å². The number of methoxy groups -OCH3 is 1. The number of amides is 2. The number of rotatable bonds is 8. The molecular formula is C31H27NO8. The third-order valence-corrected chi connectivity index (χ3v) is 7.23. The van der Waals surface area contributed by atoms with Gasteiger partial charge in [-0.05, 0) is 79.6 Å². The minimum Gasteiger partial charge on any atom is -0.497 e. The van der Waals surface area contributed by atoms with E-state index < -0.39 is 24.3 Å². The van der Waals surface area contributed by atoms with Gasteiger partial charge in [0.15, 0.2) is 12.4 Å². The maximum absolute atomic E-state index is 12.8. The lowest BCUT2D eigenvalue weighted by molar-refractivity contribution is -0.122. The Kier molecular flexibility index (Phi) is 7.72. The van der Waals surface area contributed by atoms with Gasteiger partial charge < -0.3 is 14.2 Å². The van der Waals surface area contributed by atoms with Crippen LogP contribution in [0, 0.1) is 11.8 Å². The Morgan fingerprint density at radius 3 is 2.00 bits per heavy atom. The first-order valence-corrected chi connectivity index (χ1v) is 13.0. The summed E-state index contributed by atoms with van der Waals surface area (Å²) in [6, 6.07) is 18.4. The molecule has 40 heavy (non-hydrogen) atoms. The fourth-order valence-corrected chi connectivity index (χ4v) is 5.09. The topological polar surface area (TPSA) is 116 Å². The summed E-state index contributed by atoms with van der Waals surface area (Å²) in [5.41, 5.74) is 1.20. The molecule has 3 aromatic carbocycles. The smallest absolute Gasteiger partial charge is 0.343 e. The van der Waals surface area contributed by atoms with E-state index in [1.165, 1.54) is 60.5 Å². The van der Waals surface area contributed by atoms with Crippen molar-refractivity contribution < 1.29 is 38.2 Å². The molecule has 2 aliphatic rings. The van der Waals surface area contributed by atoms with Crippen molar-refractivity contribution in [1.29, 1.82) is 0 Å². The number of hydrogen-bond acceptors (Lipinski definition) is 8. The Bertz CT molecular complexity index is 1440. The SMILES string of the molecule is COc1cccc(C(=O)Oc2ccc(C(=O)COC(=O)c3ccc(N4C(=O)C5CCCCC5C4=O)cc3)cc2)c1. The maximum atomic E-state index is 12.8. The summed E-state index contributed by atoms with van der Waals surface area (Å²) in [4.78, 5) is 64.2. The van der Waals surface area contributed by atoms with Crippen LogP contribution in [0.25, 0.3) is 0 Å². The molecule has 1 aliphatic carbocycles. The molecular weight excluding hydrogens is 514 g/mol. The third-order valence-electron chi connectivity index (χ3n) is 7.23.